The van der Waals surface area contributed by atoms with Crippen molar-refractivity contribution < 1.29 is 18.3 Å². The molecule has 0 amide bonds. The molecule has 0 aliphatic heterocycles. The largest absolute Gasteiger partial charge is 0.478 e. The Kier molecular flexibility index (Phi) is 4.42. The SMILES string of the molecule is CCc1ccc(C(=O)O)cc1S(=O)(=O)CCn1cccn1. The van der Waals surface area contributed by atoms with Gasteiger partial charge < -0.3 is 5.11 Å². The van der Waals surface area contributed by atoms with Gasteiger partial charge in [-0.3, -0.25) is 4.68 Å². The van der Waals surface area contributed by atoms with Crippen molar-refractivity contribution >= 4 is 15.8 Å². The first-order chi connectivity index (χ1) is 9.94. The molecule has 0 saturated heterocycles. The molecule has 0 aliphatic rings. The van der Waals surface area contributed by atoms with Crippen LogP contribution in [0.15, 0.2) is 41.6 Å². The minimum atomic E-state index is -3.56. The first-order valence-electron chi connectivity index (χ1n) is 6.50. The number of carboxylic acid groups (broad SMARTS) is 1. The summed E-state index contributed by atoms with van der Waals surface area (Å²) in [5, 5.41) is 13.0. The second-order valence-electron chi connectivity index (χ2n) is 4.57. The Labute approximate surface area is 123 Å². The van der Waals surface area contributed by atoms with Crippen LogP contribution in [0.1, 0.15) is 22.8 Å². The van der Waals surface area contributed by atoms with Gasteiger partial charge in [0.2, 0.25) is 0 Å². The molecular weight excluding hydrogens is 292 g/mol. The Morgan fingerprint density at radius 1 is 1.38 bits per heavy atom. The lowest BCUT2D eigenvalue weighted by Crippen LogP contribution is -2.16. The molecule has 0 saturated carbocycles. The molecular formula is C14H16N2O4S. The molecule has 2 aromatic rings. The van der Waals surface area contributed by atoms with E-state index in [1.807, 2.05) is 6.92 Å². The van der Waals surface area contributed by atoms with Crippen LogP contribution in [0.25, 0.3) is 0 Å². The number of carbonyl (C=O) groups is 1. The molecule has 1 heterocycles. The van der Waals surface area contributed by atoms with Crippen LogP contribution < -0.4 is 0 Å². The molecule has 112 valence electrons. The zero-order valence-corrected chi connectivity index (χ0v) is 12.4. The van der Waals surface area contributed by atoms with Crippen molar-refractivity contribution in [1.82, 2.24) is 9.78 Å². The molecule has 0 bridgehead atoms. The van der Waals surface area contributed by atoms with Crippen LogP contribution in [-0.2, 0) is 22.8 Å². The first-order valence-corrected chi connectivity index (χ1v) is 8.15. The van der Waals surface area contributed by atoms with E-state index >= 15 is 0 Å². The van der Waals surface area contributed by atoms with Gasteiger partial charge in [-0.25, -0.2) is 13.2 Å². The van der Waals surface area contributed by atoms with Gasteiger partial charge in [0.1, 0.15) is 0 Å². The van der Waals surface area contributed by atoms with Gasteiger partial charge >= 0.3 is 5.97 Å². The monoisotopic (exact) mass is 308 g/mol. The number of rotatable bonds is 6. The fourth-order valence-electron chi connectivity index (χ4n) is 2.03. The molecule has 0 aliphatic carbocycles. The standard InChI is InChI=1S/C14H16N2O4S/c1-2-11-4-5-12(14(17)18)10-13(11)21(19,20)9-8-16-7-3-6-15-16/h3-7,10H,2,8-9H2,1H3,(H,17,18). The summed E-state index contributed by atoms with van der Waals surface area (Å²) in [7, 11) is -3.56. The van der Waals surface area contributed by atoms with Gasteiger partial charge in [-0.1, -0.05) is 13.0 Å². The van der Waals surface area contributed by atoms with E-state index in [4.69, 9.17) is 5.11 Å². The van der Waals surface area contributed by atoms with E-state index in [2.05, 4.69) is 5.10 Å². The Morgan fingerprint density at radius 3 is 2.71 bits per heavy atom. The van der Waals surface area contributed by atoms with Crippen molar-refractivity contribution in [2.75, 3.05) is 5.75 Å². The molecule has 1 N–H and O–H groups in total. The molecule has 2 rings (SSSR count). The molecule has 7 heteroatoms. The Hall–Kier alpha value is -2.15. The minimum absolute atomic E-state index is 0.0233. The predicted octanol–water partition coefficient (Wildman–Crippen LogP) is 1.62. The molecule has 0 spiro atoms. The summed E-state index contributed by atoms with van der Waals surface area (Å²) in [5.41, 5.74) is 0.602. The van der Waals surface area contributed by atoms with E-state index < -0.39 is 15.8 Å². The summed E-state index contributed by atoms with van der Waals surface area (Å²) < 4.78 is 26.4. The highest BCUT2D eigenvalue weighted by Crippen LogP contribution is 2.20. The van der Waals surface area contributed by atoms with Gasteiger partial charge in [0.15, 0.2) is 9.84 Å². The zero-order chi connectivity index (χ0) is 15.5. The first kappa shape index (κ1) is 15.2. The van der Waals surface area contributed by atoms with Gasteiger partial charge in [0.05, 0.1) is 22.8 Å². The van der Waals surface area contributed by atoms with Crippen LogP contribution in [0.4, 0.5) is 0 Å². The number of nitrogens with zero attached hydrogens (tertiary/aromatic N) is 2. The van der Waals surface area contributed by atoms with E-state index in [0.29, 0.717) is 12.0 Å². The summed E-state index contributed by atoms with van der Waals surface area (Å²) in [6.07, 6.45) is 3.79. The van der Waals surface area contributed by atoms with Gasteiger partial charge in [-0.15, -0.1) is 0 Å². The van der Waals surface area contributed by atoms with E-state index in [0.717, 1.165) is 0 Å². The molecule has 0 unspecified atom stereocenters. The zero-order valence-electron chi connectivity index (χ0n) is 11.6. The maximum Gasteiger partial charge on any atom is 0.335 e. The molecule has 21 heavy (non-hydrogen) atoms. The smallest absolute Gasteiger partial charge is 0.335 e. The number of carboxylic acids is 1. The van der Waals surface area contributed by atoms with Crippen LogP contribution in [0.5, 0.6) is 0 Å². The third kappa shape index (κ3) is 3.49. The predicted molar refractivity (Wildman–Crippen MR) is 77.1 cm³/mol. The third-order valence-electron chi connectivity index (χ3n) is 3.18. The van der Waals surface area contributed by atoms with E-state index in [9.17, 15) is 13.2 Å². The van der Waals surface area contributed by atoms with Gasteiger partial charge in [-0.2, -0.15) is 5.10 Å². The van der Waals surface area contributed by atoms with Crippen LogP contribution in [-0.4, -0.2) is 35.0 Å². The van der Waals surface area contributed by atoms with Crippen molar-refractivity contribution in [3.05, 3.63) is 47.8 Å². The minimum Gasteiger partial charge on any atom is -0.478 e. The van der Waals surface area contributed by atoms with E-state index in [1.165, 1.54) is 16.8 Å². The van der Waals surface area contributed by atoms with Crippen LogP contribution in [0.3, 0.4) is 0 Å². The van der Waals surface area contributed by atoms with Gasteiger partial charge in [0, 0.05) is 12.4 Å². The number of aryl methyl sites for hydroxylation is 2. The van der Waals surface area contributed by atoms with E-state index in [1.54, 1.807) is 24.5 Å². The number of hydrogen-bond acceptors (Lipinski definition) is 4. The third-order valence-corrected chi connectivity index (χ3v) is 4.95. The number of hydrogen-bond donors (Lipinski definition) is 1. The average Bonchev–Trinajstić information content (AvgIpc) is 2.98. The number of aromatic nitrogens is 2. The summed E-state index contributed by atoms with van der Waals surface area (Å²) in [6, 6.07) is 5.94. The molecule has 0 atom stereocenters. The highest BCUT2D eigenvalue weighted by molar-refractivity contribution is 7.91. The summed E-state index contributed by atoms with van der Waals surface area (Å²) in [4.78, 5) is 11.1. The Balaban J connectivity index is 2.33. The quantitative estimate of drug-likeness (QED) is 0.876. The van der Waals surface area contributed by atoms with Gasteiger partial charge in [-0.05, 0) is 30.2 Å². The molecule has 1 aromatic carbocycles. The van der Waals surface area contributed by atoms with Crippen molar-refractivity contribution in [1.29, 1.82) is 0 Å². The lowest BCUT2D eigenvalue weighted by atomic mass is 10.1. The van der Waals surface area contributed by atoms with Crippen molar-refractivity contribution in [2.45, 2.75) is 24.8 Å². The molecule has 6 nitrogen and oxygen atoms in total. The normalized spacial score (nSPS) is 11.5. The Bertz CT molecular complexity index is 736. The van der Waals surface area contributed by atoms with Crippen LogP contribution in [0.2, 0.25) is 0 Å². The molecule has 0 radical (unpaired) electrons. The van der Waals surface area contributed by atoms with Crippen molar-refractivity contribution in [2.24, 2.45) is 0 Å². The molecule has 0 fully saturated rings. The highest BCUT2D eigenvalue weighted by Gasteiger charge is 2.20. The lowest BCUT2D eigenvalue weighted by Gasteiger charge is -2.10. The summed E-state index contributed by atoms with van der Waals surface area (Å²) in [6.45, 7) is 2.07. The fraction of sp³-hybridized carbons (Fsp3) is 0.286. The summed E-state index contributed by atoms with van der Waals surface area (Å²) in [5.74, 6) is -1.26. The fourth-order valence-corrected chi connectivity index (χ4v) is 3.59. The Morgan fingerprint density at radius 2 is 2.14 bits per heavy atom. The maximum atomic E-state index is 12.4. The summed E-state index contributed by atoms with van der Waals surface area (Å²) >= 11 is 0. The maximum absolute atomic E-state index is 12.4. The topological polar surface area (TPSA) is 89.3 Å². The van der Waals surface area contributed by atoms with Crippen LogP contribution in [0, 0.1) is 0 Å². The second-order valence-corrected chi connectivity index (χ2v) is 6.65. The number of benzene rings is 1. The van der Waals surface area contributed by atoms with Crippen molar-refractivity contribution in [3.63, 3.8) is 0 Å². The number of sulfone groups is 1. The number of aromatic carboxylic acids is 1. The molecule has 1 aromatic heterocycles. The average molecular weight is 308 g/mol. The van der Waals surface area contributed by atoms with Crippen LogP contribution >= 0.6 is 0 Å². The highest BCUT2D eigenvalue weighted by atomic mass is 32.2. The second kappa shape index (κ2) is 6.09. The van der Waals surface area contributed by atoms with Crippen molar-refractivity contribution in [3.8, 4) is 0 Å². The van der Waals surface area contributed by atoms with E-state index in [-0.39, 0.29) is 22.8 Å². The lowest BCUT2D eigenvalue weighted by molar-refractivity contribution is 0.0696. The van der Waals surface area contributed by atoms with Gasteiger partial charge in [0.25, 0.3) is 0 Å².